The molecule has 1 saturated heterocycles. The highest BCUT2D eigenvalue weighted by Gasteiger charge is 2.16. The van der Waals surface area contributed by atoms with Crippen molar-refractivity contribution in [3.63, 3.8) is 0 Å². The fourth-order valence-electron chi connectivity index (χ4n) is 2.50. The molecule has 158 valence electrons. The van der Waals surface area contributed by atoms with Crippen molar-refractivity contribution in [2.24, 2.45) is 16.6 Å². The molecule has 0 aromatic carbocycles. The molecule has 0 saturated carbocycles. The lowest BCUT2D eigenvalue weighted by atomic mass is 10.1. The van der Waals surface area contributed by atoms with Gasteiger partial charge in [-0.15, -0.1) is 0 Å². The smallest absolute Gasteiger partial charge is 0.221 e. The minimum absolute atomic E-state index is 0.00714. The lowest BCUT2D eigenvalue weighted by molar-refractivity contribution is -0.122. The van der Waals surface area contributed by atoms with Crippen molar-refractivity contribution in [2.45, 2.75) is 63.7 Å². The molecule has 0 aromatic rings. The third-order valence-corrected chi connectivity index (χ3v) is 9.66. The van der Waals surface area contributed by atoms with E-state index >= 15 is 0 Å². The fraction of sp³-hybridized carbons (Fsp3) is 0.889. The second-order valence-corrected chi connectivity index (χ2v) is 12.4. The summed E-state index contributed by atoms with van der Waals surface area (Å²) in [5.74, 6) is 4.01. The van der Waals surface area contributed by atoms with Gasteiger partial charge in [0.05, 0.1) is 25.0 Å². The van der Waals surface area contributed by atoms with Gasteiger partial charge in [0, 0.05) is 35.4 Å². The van der Waals surface area contributed by atoms with Crippen molar-refractivity contribution in [3.05, 3.63) is 0 Å². The summed E-state index contributed by atoms with van der Waals surface area (Å²) in [5.41, 5.74) is 5.98. The Morgan fingerprint density at radius 2 is 2.07 bits per heavy atom. The number of nitrogens with one attached hydrogen (secondary N) is 1. The van der Waals surface area contributed by atoms with Crippen LogP contribution < -0.4 is 11.1 Å². The van der Waals surface area contributed by atoms with E-state index in [-0.39, 0.29) is 24.5 Å². The first-order chi connectivity index (χ1) is 13.0. The van der Waals surface area contributed by atoms with Crippen LogP contribution in [0.15, 0.2) is 4.99 Å². The Morgan fingerprint density at radius 3 is 2.74 bits per heavy atom. The third-order valence-electron chi connectivity index (χ3n) is 4.27. The van der Waals surface area contributed by atoms with Crippen LogP contribution in [0.2, 0.25) is 0 Å². The molecule has 0 aromatic heterocycles. The van der Waals surface area contributed by atoms with Crippen molar-refractivity contribution in [3.8, 4) is 0 Å². The number of carbonyl (C=O) groups excluding carboxylic acids is 1. The Morgan fingerprint density at radius 1 is 1.30 bits per heavy atom. The number of carbonyl (C=O) groups is 1. The lowest BCUT2D eigenvalue weighted by Gasteiger charge is -2.19. The average molecular weight is 454 g/mol. The molecule has 0 radical (unpaired) electrons. The van der Waals surface area contributed by atoms with Crippen LogP contribution in [0.4, 0.5) is 0 Å². The Kier molecular flexibility index (Phi) is 15.1. The van der Waals surface area contributed by atoms with E-state index in [1.165, 1.54) is 25.0 Å². The maximum Gasteiger partial charge on any atom is 0.221 e. The first kappa shape index (κ1) is 25.3. The highest BCUT2D eigenvalue weighted by atomic mass is 33.1. The maximum absolute atomic E-state index is 11.8. The van der Waals surface area contributed by atoms with E-state index in [1.54, 1.807) is 21.6 Å². The molecule has 0 aliphatic carbocycles. The van der Waals surface area contributed by atoms with Gasteiger partial charge in [-0.2, -0.15) is 0 Å². The van der Waals surface area contributed by atoms with Crippen molar-refractivity contribution in [1.82, 2.24) is 5.32 Å². The van der Waals surface area contributed by atoms with Crippen LogP contribution >= 0.6 is 43.2 Å². The van der Waals surface area contributed by atoms with Crippen LogP contribution in [0, 0.1) is 5.92 Å². The Balaban J connectivity index is 1.94. The fourth-order valence-corrected chi connectivity index (χ4v) is 7.38. The standard InChI is InChI=1S/C18H35N3O2S4/c1-14(2)16(13-22)21-18(23)8-11-24-25-12-9-20-17(19)6-4-3-5-15-7-10-26-27-15/h14-16,22H,3-13H2,1-2H3,(H2,19,20)(H,21,23). The zero-order valence-electron chi connectivity index (χ0n) is 16.5. The van der Waals surface area contributed by atoms with Crippen LogP contribution in [0.1, 0.15) is 52.4 Å². The molecule has 1 heterocycles. The van der Waals surface area contributed by atoms with Crippen LogP contribution in [-0.4, -0.2) is 58.6 Å². The number of aliphatic imine (C=N–C) groups is 1. The number of aliphatic hydroxyl groups excluding tert-OH is 1. The van der Waals surface area contributed by atoms with Crippen molar-refractivity contribution >= 4 is 54.9 Å². The zero-order chi connectivity index (χ0) is 19.9. The normalized spacial score (nSPS) is 18.8. The largest absolute Gasteiger partial charge is 0.394 e. The predicted molar refractivity (Wildman–Crippen MR) is 127 cm³/mol. The topological polar surface area (TPSA) is 87.7 Å². The van der Waals surface area contributed by atoms with Gasteiger partial charge in [-0.1, -0.05) is 63.4 Å². The number of aliphatic hydroxyl groups is 1. The first-order valence-corrected chi connectivity index (χ1v) is 14.6. The van der Waals surface area contributed by atoms with Gasteiger partial charge in [-0.3, -0.25) is 9.79 Å². The number of hydrogen-bond acceptors (Lipinski definition) is 7. The van der Waals surface area contributed by atoms with Gasteiger partial charge >= 0.3 is 0 Å². The van der Waals surface area contributed by atoms with E-state index in [0.29, 0.717) is 6.42 Å². The number of rotatable bonds is 15. The van der Waals surface area contributed by atoms with Crippen LogP contribution in [-0.2, 0) is 4.79 Å². The van der Waals surface area contributed by atoms with Crippen molar-refractivity contribution in [1.29, 1.82) is 0 Å². The van der Waals surface area contributed by atoms with E-state index in [4.69, 9.17) is 5.73 Å². The van der Waals surface area contributed by atoms with Crippen molar-refractivity contribution in [2.75, 3.05) is 30.4 Å². The molecule has 9 heteroatoms. The Bertz CT molecular complexity index is 433. The molecular weight excluding hydrogens is 418 g/mol. The van der Waals surface area contributed by atoms with Gasteiger partial charge in [-0.05, 0) is 25.2 Å². The number of amides is 1. The molecule has 1 aliphatic rings. The van der Waals surface area contributed by atoms with E-state index in [1.807, 2.05) is 35.4 Å². The summed E-state index contributed by atoms with van der Waals surface area (Å²) in [7, 11) is 7.47. The van der Waals surface area contributed by atoms with Gasteiger partial charge < -0.3 is 16.2 Å². The summed E-state index contributed by atoms with van der Waals surface area (Å²) in [5, 5.41) is 13.0. The zero-order valence-corrected chi connectivity index (χ0v) is 19.8. The number of amidine groups is 1. The molecule has 4 N–H and O–H groups in total. The highest BCUT2D eigenvalue weighted by molar-refractivity contribution is 8.77. The van der Waals surface area contributed by atoms with E-state index in [9.17, 15) is 9.90 Å². The quantitative estimate of drug-likeness (QED) is 0.150. The van der Waals surface area contributed by atoms with Gasteiger partial charge in [0.2, 0.25) is 5.91 Å². The lowest BCUT2D eigenvalue weighted by Crippen LogP contribution is -2.41. The van der Waals surface area contributed by atoms with Gasteiger partial charge in [0.25, 0.3) is 0 Å². The minimum Gasteiger partial charge on any atom is -0.394 e. The third kappa shape index (κ3) is 13.2. The maximum atomic E-state index is 11.8. The molecule has 2 atom stereocenters. The summed E-state index contributed by atoms with van der Waals surface area (Å²) in [6.45, 7) is 4.71. The van der Waals surface area contributed by atoms with Crippen LogP contribution in [0.5, 0.6) is 0 Å². The number of hydrogen-bond donors (Lipinski definition) is 3. The van der Waals surface area contributed by atoms with E-state index in [2.05, 4.69) is 10.3 Å². The average Bonchev–Trinajstić information content (AvgIpc) is 3.15. The van der Waals surface area contributed by atoms with E-state index in [0.717, 1.165) is 42.0 Å². The molecule has 5 nitrogen and oxygen atoms in total. The second kappa shape index (κ2) is 16.1. The summed E-state index contributed by atoms with van der Waals surface area (Å²) in [6, 6.07) is -0.150. The molecule has 1 aliphatic heterocycles. The molecule has 27 heavy (non-hydrogen) atoms. The molecule has 1 amide bonds. The highest BCUT2D eigenvalue weighted by Crippen LogP contribution is 2.39. The summed E-state index contributed by atoms with van der Waals surface area (Å²) in [4.78, 5) is 16.3. The summed E-state index contributed by atoms with van der Waals surface area (Å²) in [6.07, 6.45) is 6.43. The molecule has 1 rings (SSSR count). The minimum atomic E-state index is -0.150. The van der Waals surface area contributed by atoms with E-state index < -0.39 is 0 Å². The predicted octanol–water partition coefficient (Wildman–Crippen LogP) is 3.96. The molecule has 0 spiro atoms. The first-order valence-electron chi connectivity index (χ1n) is 9.74. The SMILES string of the molecule is CC(C)C(CO)NC(=O)CCSSCCN=C(N)CCCCC1CCSS1. The summed E-state index contributed by atoms with van der Waals surface area (Å²) < 4.78 is 0. The number of unbranched alkanes of at least 4 members (excludes halogenated alkanes) is 1. The van der Waals surface area contributed by atoms with Gasteiger partial charge in [0.15, 0.2) is 0 Å². The Labute approximate surface area is 180 Å². The number of nitrogens with zero attached hydrogens (tertiary/aromatic N) is 1. The Hall–Kier alpha value is 0.300. The van der Waals surface area contributed by atoms with Crippen molar-refractivity contribution < 1.29 is 9.90 Å². The molecule has 2 unspecified atom stereocenters. The van der Waals surface area contributed by atoms with Gasteiger partial charge in [-0.25, -0.2) is 0 Å². The molecule has 1 fully saturated rings. The van der Waals surface area contributed by atoms with Gasteiger partial charge in [0.1, 0.15) is 0 Å². The molecular formula is C18H35N3O2S4. The van der Waals surface area contributed by atoms with Crippen LogP contribution in [0.3, 0.4) is 0 Å². The van der Waals surface area contributed by atoms with Crippen LogP contribution in [0.25, 0.3) is 0 Å². The number of nitrogens with two attached hydrogens (primary N) is 1. The molecule has 0 bridgehead atoms. The monoisotopic (exact) mass is 453 g/mol. The summed E-state index contributed by atoms with van der Waals surface area (Å²) >= 11 is 0. The second-order valence-electron chi connectivity index (χ2n) is 6.94.